The molecule has 1 atom stereocenters. The summed E-state index contributed by atoms with van der Waals surface area (Å²) in [6.07, 6.45) is 0. The molecule has 0 radical (unpaired) electrons. The third kappa shape index (κ3) is 4.05. The minimum atomic E-state index is -0.686. The SMILES string of the molecule is c1ccc(-c2cc(-c3ccccc3)nc(-n3c4ccccc4c4ccc5c(c43)Oc3ccccc3[C@@]53c4ccccc4-n4c5ccccc5c5cccc3c54)c2)cc1. The van der Waals surface area contributed by atoms with E-state index in [2.05, 4.69) is 209 Å². The first-order valence-corrected chi connectivity index (χ1v) is 19.9. The van der Waals surface area contributed by atoms with Gasteiger partial charge in [0, 0.05) is 38.2 Å². The van der Waals surface area contributed by atoms with Crippen LogP contribution in [0.15, 0.2) is 200 Å². The van der Waals surface area contributed by atoms with Gasteiger partial charge in [-0.1, -0.05) is 164 Å². The van der Waals surface area contributed by atoms with Gasteiger partial charge in [-0.05, 0) is 58.7 Å². The van der Waals surface area contributed by atoms with Crippen LogP contribution in [0.5, 0.6) is 11.5 Å². The topological polar surface area (TPSA) is 32.0 Å². The molecule has 0 aliphatic carbocycles. The van der Waals surface area contributed by atoms with Gasteiger partial charge in [0.2, 0.25) is 0 Å². The van der Waals surface area contributed by atoms with E-state index in [1.54, 1.807) is 0 Å². The van der Waals surface area contributed by atoms with Crippen LogP contribution >= 0.6 is 0 Å². The fourth-order valence-electron chi connectivity index (χ4n) is 10.3. The van der Waals surface area contributed by atoms with Crippen molar-refractivity contribution in [2.24, 2.45) is 0 Å². The third-order valence-corrected chi connectivity index (χ3v) is 12.6. The molecular weight excluding hydrogens is 707 g/mol. The molecule has 58 heavy (non-hydrogen) atoms. The van der Waals surface area contributed by atoms with Crippen LogP contribution in [0.3, 0.4) is 0 Å². The number of hydrogen-bond acceptors (Lipinski definition) is 2. The highest BCUT2D eigenvalue weighted by atomic mass is 16.5. The molecule has 1 spiro atoms. The van der Waals surface area contributed by atoms with Gasteiger partial charge >= 0.3 is 0 Å². The highest BCUT2D eigenvalue weighted by molar-refractivity contribution is 6.14. The Morgan fingerprint density at radius 2 is 1.00 bits per heavy atom. The van der Waals surface area contributed by atoms with Gasteiger partial charge in [-0.2, -0.15) is 0 Å². The first-order chi connectivity index (χ1) is 28.8. The van der Waals surface area contributed by atoms with Crippen molar-refractivity contribution < 1.29 is 4.74 Å². The van der Waals surface area contributed by atoms with Gasteiger partial charge in [0.1, 0.15) is 11.6 Å². The number of hydrogen-bond donors (Lipinski definition) is 0. The number of benzene rings is 8. The van der Waals surface area contributed by atoms with Gasteiger partial charge in [-0.3, -0.25) is 4.57 Å². The molecule has 0 unspecified atom stereocenters. The van der Waals surface area contributed by atoms with Gasteiger partial charge < -0.3 is 9.30 Å². The van der Waals surface area contributed by atoms with Crippen molar-refractivity contribution in [3.63, 3.8) is 0 Å². The minimum absolute atomic E-state index is 0.686. The summed E-state index contributed by atoms with van der Waals surface area (Å²) in [7, 11) is 0. The van der Waals surface area contributed by atoms with Crippen LogP contribution in [0.1, 0.15) is 22.3 Å². The Bertz CT molecular complexity index is 3430. The summed E-state index contributed by atoms with van der Waals surface area (Å²) in [5.74, 6) is 2.53. The Kier molecular flexibility index (Phi) is 6.34. The number of rotatable bonds is 3. The van der Waals surface area contributed by atoms with E-state index in [4.69, 9.17) is 9.72 Å². The van der Waals surface area contributed by atoms with Gasteiger partial charge in [-0.25, -0.2) is 4.98 Å². The van der Waals surface area contributed by atoms with E-state index in [1.807, 2.05) is 0 Å². The number of para-hydroxylation sites is 5. The van der Waals surface area contributed by atoms with E-state index >= 15 is 0 Å². The Balaban J connectivity index is 1.20. The lowest BCUT2D eigenvalue weighted by Gasteiger charge is -2.45. The molecule has 0 bridgehead atoms. The van der Waals surface area contributed by atoms with Gasteiger partial charge in [-0.15, -0.1) is 0 Å². The zero-order chi connectivity index (χ0) is 38.0. The van der Waals surface area contributed by atoms with E-state index in [0.717, 1.165) is 72.6 Å². The third-order valence-electron chi connectivity index (χ3n) is 12.6. The fourth-order valence-corrected chi connectivity index (χ4v) is 10.3. The second-order valence-corrected chi connectivity index (χ2v) is 15.4. The maximum atomic E-state index is 7.34. The molecule has 4 heteroatoms. The van der Waals surface area contributed by atoms with E-state index in [9.17, 15) is 0 Å². The Labute approximate surface area is 334 Å². The Morgan fingerprint density at radius 3 is 1.79 bits per heavy atom. The fraction of sp³-hybridized carbons (Fsp3) is 0.0185. The predicted octanol–water partition coefficient (Wildman–Crippen LogP) is 13.4. The highest BCUT2D eigenvalue weighted by Gasteiger charge is 2.51. The summed E-state index contributed by atoms with van der Waals surface area (Å²) in [4.78, 5) is 5.49. The quantitative estimate of drug-likeness (QED) is 0.181. The second kappa shape index (κ2) is 11.7. The molecule has 5 heterocycles. The predicted molar refractivity (Wildman–Crippen MR) is 236 cm³/mol. The molecule has 13 rings (SSSR count). The minimum Gasteiger partial charge on any atom is -0.454 e. The van der Waals surface area contributed by atoms with Crippen LogP contribution in [0.2, 0.25) is 0 Å². The monoisotopic (exact) mass is 739 g/mol. The molecule has 0 saturated carbocycles. The molecule has 8 aromatic carbocycles. The largest absolute Gasteiger partial charge is 0.454 e. The molecule has 4 nitrogen and oxygen atoms in total. The van der Waals surface area contributed by atoms with Crippen LogP contribution in [0.4, 0.5) is 0 Å². The van der Waals surface area contributed by atoms with Crippen molar-refractivity contribution >= 4 is 43.6 Å². The Hall–Kier alpha value is -7.69. The Morgan fingerprint density at radius 1 is 0.397 bits per heavy atom. The van der Waals surface area contributed by atoms with Gasteiger partial charge in [0.15, 0.2) is 5.75 Å². The first kappa shape index (κ1) is 31.5. The van der Waals surface area contributed by atoms with Crippen LogP contribution in [0, 0.1) is 0 Å². The number of fused-ring (bicyclic) bond motifs is 15. The number of aromatic nitrogens is 3. The van der Waals surface area contributed by atoms with Crippen molar-refractivity contribution in [2.45, 2.75) is 5.41 Å². The molecule has 2 aliphatic heterocycles. The zero-order valence-electron chi connectivity index (χ0n) is 31.3. The van der Waals surface area contributed by atoms with E-state index in [0.29, 0.717) is 0 Å². The summed E-state index contributed by atoms with van der Waals surface area (Å²) in [6.45, 7) is 0. The number of ether oxygens (including phenoxy) is 1. The zero-order valence-corrected chi connectivity index (χ0v) is 31.3. The standard InChI is InChI=1S/C54H33N3O/c1-3-16-34(17-4-1)36-32-45(35-18-5-2-6-19-35)55-50(33-36)57-47-27-12-8-21-38(47)40-30-31-44-53(52(40)57)58-49-29-14-10-24-42(49)54(44)41-23-9-13-28-48(41)56-46-26-11-7-20-37(46)39-22-15-25-43(54)51(39)56/h1-33H/t54-/m1/s1. The summed E-state index contributed by atoms with van der Waals surface area (Å²) in [6, 6.07) is 72.2. The maximum absolute atomic E-state index is 7.34. The number of nitrogens with zero attached hydrogens (tertiary/aromatic N) is 3. The maximum Gasteiger partial charge on any atom is 0.156 e. The lowest BCUT2D eigenvalue weighted by molar-refractivity contribution is 0.438. The van der Waals surface area contributed by atoms with E-state index < -0.39 is 5.41 Å². The lowest BCUT2D eigenvalue weighted by Crippen LogP contribution is -2.37. The molecule has 0 fully saturated rings. The molecule has 0 saturated heterocycles. The normalized spacial score (nSPS) is 15.1. The first-order valence-electron chi connectivity index (χ1n) is 19.9. The van der Waals surface area contributed by atoms with Gasteiger partial charge in [0.05, 0.1) is 38.9 Å². The smallest absolute Gasteiger partial charge is 0.156 e. The van der Waals surface area contributed by atoms with Crippen LogP contribution in [-0.2, 0) is 5.41 Å². The molecule has 0 amide bonds. The second-order valence-electron chi connectivity index (χ2n) is 15.4. The van der Waals surface area contributed by atoms with Crippen molar-refractivity contribution in [1.82, 2.24) is 14.1 Å². The van der Waals surface area contributed by atoms with Crippen LogP contribution in [-0.4, -0.2) is 14.1 Å². The molecule has 2 aliphatic rings. The van der Waals surface area contributed by atoms with Crippen molar-refractivity contribution in [3.05, 3.63) is 222 Å². The summed E-state index contributed by atoms with van der Waals surface area (Å²) in [5, 5.41) is 4.77. The number of pyridine rings is 1. The lowest BCUT2D eigenvalue weighted by atomic mass is 9.61. The molecular formula is C54H33N3O. The summed E-state index contributed by atoms with van der Waals surface area (Å²) in [5.41, 5.74) is 13.9. The average molecular weight is 740 g/mol. The molecule has 11 aromatic rings. The van der Waals surface area contributed by atoms with Crippen LogP contribution in [0.25, 0.3) is 77.5 Å². The van der Waals surface area contributed by atoms with Gasteiger partial charge in [0.25, 0.3) is 0 Å². The van der Waals surface area contributed by atoms with Crippen LogP contribution < -0.4 is 4.74 Å². The summed E-state index contributed by atoms with van der Waals surface area (Å²) < 4.78 is 12.2. The van der Waals surface area contributed by atoms with Crippen molar-refractivity contribution in [1.29, 1.82) is 0 Å². The molecule has 3 aromatic heterocycles. The molecule has 0 N–H and O–H groups in total. The summed E-state index contributed by atoms with van der Waals surface area (Å²) >= 11 is 0. The van der Waals surface area contributed by atoms with Crippen molar-refractivity contribution in [2.75, 3.05) is 0 Å². The van der Waals surface area contributed by atoms with E-state index in [1.165, 1.54) is 38.6 Å². The highest BCUT2D eigenvalue weighted by Crippen LogP contribution is 2.61. The van der Waals surface area contributed by atoms with E-state index in [-0.39, 0.29) is 0 Å². The van der Waals surface area contributed by atoms with Crippen molar-refractivity contribution in [3.8, 4) is 45.4 Å². The molecule has 270 valence electrons. The average Bonchev–Trinajstić information content (AvgIpc) is 3.82.